The molecular formula is C57H36N4O2. The first-order valence-corrected chi connectivity index (χ1v) is 21.4. The summed E-state index contributed by atoms with van der Waals surface area (Å²) < 4.78 is 15.9. The van der Waals surface area contributed by atoms with Gasteiger partial charge in [-0.2, -0.15) is 0 Å². The molecular weight excluding hydrogens is 773 g/mol. The second-order valence-corrected chi connectivity index (χ2v) is 16.2. The Labute approximate surface area is 362 Å². The first-order chi connectivity index (χ1) is 31.2. The van der Waals surface area contributed by atoms with E-state index in [4.69, 9.17) is 23.8 Å². The zero-order valence-corrected chi connectivity index (χ0v) is 34.0. The number of nitrogens with zero attached hydrogens (tertiary/aromatic N) is 4. The van der Waals surface area contributed by atoms with E-state index in [1.165, 1.54) is 27.4 Å². The number of benzene rings is 8. The Morgan fingerprint density at radius 3 is 1.86 bits per heavy atom. The van der Waals surface area contributed by atoms with Crippen molar-refractivity contribution in [1.82, 2.24) is 19.5 Å². The molecule has 12 aromatic rings. The molecule has 1 aliphatic carbocycles. The highest BCUT2D eigenvalue weighted by Crippen LogP contribution is 2.44. The third-order valence-corrected chi connectivity index (χ3v) is 12.5. The number of rotatable bonds is 6. The summed E-state index contributed by atoms with van der Waals surface area (Å²) in [5.41, 5.74) is 14.0. The minimum Gasteiger partial charge on any atom is -0.460 e. The van der Waals surface area contributed by atoms with Gasteiger partial charge in [0.25, 0.3) is 0 Å². The van der Waals surface area contributed by atoms with Crippen molar-refractivity contribution in [3.05, 3.63) is 211 Å². The van der Waals surface area contributed by atoms with E-state index >= 15 is 0 Å². The lowest BCUT2D eigenvalue weighted by Crippen LogP contribution is -2.01. The normalized spacial score (nSPS) is 12.7. The van der Waals surface area contributed by atoms with Crippen molar-refractivity contribution in [2.75, 3.05) is 0 Å². The van der Waals surface area contributed by atoms with E-state index in [1.54, 1.807) is 0 Å². The van der Waals surface area contributed by atoms with Gasteiger partial charge in [-0.3, -0.25) is 0 Å². The number of aryl methyl sites for hydroxylation is 1. The van der Waals surface area contributed by atoms with Crippen molar-refractivity contribution < 1.29 is 8.83 Å². The van der Waals surface area contributed by atoms with Gasteiger partial charge in [0.2, 0.25) is 0 Å². The summed E-state index contributed by atoms with van der Waals surface area (Å²) in [6.45, 7) is 0. The molecule has 1 aliphatic rings. The lowest BCUT2D eigenvalue weighted by atomic mass is 9.88. The van der Waals surface area contributed by atoms with Gasteiger partial charge in [-0.1, -0.05) is 140 Å². The molecule has 4 aromatic heterocycles. The van der Waals surface area contributed by atoms with Crippen molar-refractivity contribution >= 4 is 60.3 Å². The Morgan fingerprint density at radius 1 is 0.413 bits per heavy atom. The van der Waals surface area contributed by atoms with Crippen LogP contribution in [-0.2, 0) is 6.42 Å². The van der Waals surface area contributed by atoms with Crippen molar-refractivity contribution in [3.8, 4) is 51.0 Å². The number of aromatic nitrogens is 4. The van der Waals surface area contributed by atoms with Gasteiger partial charge in [0.05, 0.1) is 22.2 Å². The van der Waals surface area contributed by atoms with Crippen LogP contribution in [0.4, 0.5) is 0 Å². The lowest BCUT2D eigenvalue weighted by molar-refractivity contribution is 0.546. The molecule has 13 rings (SSSR count). The first-order valence-electron chi connectivity index (χ1n) is 21.4. The van der Waals surface area contributed by atoms with E-state index in [-0.39, 0.29) is 0 Å². The summed E-state index contributed by atoms with van der Waals surface area (Å²) in [5, 5.41) is 5.54. The minimum atomic E-state index is 0.529. The van der Waals surface area contributed by atoms with E-state index in [0.29, 0.717) is 17.5 Å². The van der Waals surface area contributed by atoms with Crippen LogP contribution in [0.3, 0.4) is 0 Å². The van der Waals surface area contributed by atoms with E-state index in [0.717, 1.165) is 96.1 Å². The Balaban J connectivity index is 0.987. The summed E-state index contributed by atoms with van der Waals surface area (Å²) in [6, 6.07) is 65.6. The van der Waals surface area contributed by atoms with Gasteiger partial charge in [-0.15, -0.1) is 0 Å². The van der Waals surface area contributed by atoms with Crippen LogP contribution < -0.4 is 0 Å². The first kappa shape index (κ1) is 35.4. The fourth-order valence-corrected chi connectivity index (χ4v) is 9.66. The number of fused-ring (bicyclic) bond motifs is 9. The SMILES string of the molecule is C1=C(c2ccc3c(c2)c2ccccc2n3-c2ccccc2)c2c(oc3c(-c4nc(-c5cccc(-c6ccccc6)c5)nc(-c5cccc6c5oc5ccccc56)n4)cccc23)CC1. The fraction of sp³-hybridized carbons (Fsp3) is 0.0351. The molecule has 6 heteroatoms. The predicted octanol–water partition coefficient (Wildman–Crippen LogP) is 14.7. The largest absolute Gasteiger partial charge is 0.460 e. The smallest absolute Gasteiger partial charge is 0.167 e. The average molecular weight is 809 g/mol. The third kappa shape index (κ3) is 5.69. The third-order valence-electron chi connectivity index (χ3n) is 12.5. The van der Waals surface area contributed by atoms with Crippen LogP contribution in [0.25, 0.3) is 111 Å². The average Bonchev–Trinajstić information content (AvgIpc) is 4.04. The van der Waals surface area contributed by atoms with Crippen LogP contribution in [0.2, 0.25) is 0 Å². The highest BCUT2D eigenvalue weighted by atomic mass is 16.3. The maximum atomic E-state index is 6.96. The Kier molecular flexibility index (Phi) is 7.93. The quantitative estimate of drug-likeness (QED) is 0.167. The number of hydrogen-bond donors (Lipinski definition) is 0. The molecule has 0 unspecified atom stereocenters. The molecule has 0 bridgehead atoms. The van der Waals surface area contributed by atoms with E-state index < -0.39 is 0 Å². The topological polar surface area (TPSA) is 69.9 Å². The van der Waals surface area contributed by atoms with Gasteiger partial charge in [-0.25, -0.2) is 15.0 Å². The number of furan rings is 2. The highest BCUT2D eigenvalue weighted by molar-refractivity contribution is 6.12. The van der Waals surface area contributed by atoms with Crippen molar-refractivity contribution in [2.24, 2.45) is 0 Å². The zero-order valence-electron chi connectivity index (χ0n) is 34.0. The molecule has 6 nitrogen and oxygen atoms in total. The van der Waals surface area contributed by atoms with Crippen LogP contribution in [0.1, 0.15) is 23.3 Å². The Morgan fingerprint density at radius 2 is 1.03 bits per heavy atom. The van der Waals surface area contributed by atoms with Crippen LogP contribution in [0.5, 0.6) is 0 Å². The molecule has 0 N–H and O–H groups in total. The van der Waals surface area contributed by atoms with Crippen LogP contribution >= 0.6 is 0 Å². The maximum absolute atomic E-state index is 6.96. The standard InChI is InChI=1S/C57H36N4O2/c1-3-15-35(16-4-1)36-17-11-18-38(33-36)55-58-56(45-26-12-24-43-42-22-8-10-29-50(42)62-53(43)45)60-57(59-55)46-27-13-25-44-52-40(23-14-30-51(52)63-54(44)46)37-31-32-49-47(34-37)41-21-7-9-28-48(41)61(49)39-19-5-2-6-20-39/h1-13,15-29,31-34H,14,30H2. The molecule has 0 saturated carbocycles. The van der Waals surface area contributed by atoms with Gasteiger partial charge in [-0.05, 0) is 83.3 Å². The molecule has 0 radical (unpaired) electrons. The molecule has 0 saturated heterocycles. The van der Waals surface area contributed by atoms with Crippen LogP contribution in [0, 0.1) is 0 Å². The number of hydrogen-bond acceptors (Lipinski definition) is 5. The molecule has 0 aliphatic heterocycles. The molecule has 0 amide bonds. The van der Waals surface area contributed by atoms with Crippen molar-refractivity contribution in [1.29, 1.82) is 0 Å². The summed E-state index contributed by atoms with van der Waals surface area (Å²) in [7, 11) is 0. The minimum absolute atomic E-state index is 0.529. The second-order valence-electron chi connectivity index (χ2n) is 16.2. The molecule has 0 atom stereocenters. The molecule has 0 spiro atoms. The van der Waals surface area contributed by atoms with Gasteiger partial charge in [0, 0.05) is 50.2 Å². The zero-order chi connectivity index (χ0) is 41.4. The number of allylic oxidation sites excluding steroid dienone is 1. The lowest BCUT2D eigenvalue weighted by Gasteiger charge is -2.14. The van der Waals surface area contributed by atoms with Crippen molar-refractivity contribution in [3.63, 3.8) is 0 Å². The van der Waals surface area contributed by atoms with Crippen LogP contribution in [0.15, 0.2) is 203 Å². The highest BCUT2D eigenvalue weighted by Gasteiger charge is 2.26. The summed E-state index contributed by atoms with van der Waals surface area (Å²) in [5.74, 6) is 2.60. The monoisotopic (exact) mass is 808 g/mol. The maximum Gasteiger partial charge on any atom is 0.167 e. The number of para-hydroxylation sites is 5. The van der Waals surface area contributed by atoms with Gasteiger partial charge in [0.1, 0.15) is 22.5 Å². The summed E-state index contributed by atoms with van der Waals surface area (Å²) in [6.07, 6.45) is 4.05. The molecule has 4 heterocycles. The van der Waals surface area contributed by atoms with E-state index in [1.807, 2.05) is 36.4 Å². The van der Waals surface area contributed by atoms with Crippen molar-refractivity contribution in [2.45, 2.75) is 12.8 Å². The molecule has 0 fully saturated rings. The second kappa shape index (κ2) is 14.1. The van der Waals surface area contributed by atoms with Gasteiger partial charge in [0.15, 0.2) is 17.5 Å². The molecule has 8 aromatic carbocycles. The van der Waals surface area contributed by atoms with Crippen LogP contribution in [-0.4, -0.2) is 19.5 Å². The predicted molar refractivity (Wildman–Crippen MR) is 255 cm³/mol. The van der Waals surface area contributed by atoms with Gasteiger partial charge >= 0.3 is 0 Å². The van der Waals surface area contributed by atoms with E-state index in [9.17, 15) is 0 Å². The Hall–Kier alpha value is -8.35. The van der Waals surface area contributed by atoms with Gasteiger partial charge < -0.3 is 13.4 Å². The van der Waals surface area contributed by atoms with E-state index in [2.05, 4.69) is 162 Å². The fourth-order valence-electron chi connectivity index (χ4n) is 9.66. The summed E-state index contributed by atoms with van der Waals surface area (Å²) >= 11 is 0. The Bertz CT molecular complexity index is 3800. The molecule has 63 heavy (non-hydrogen) atoms. The molecule has 296 valence electrons. The summed E-state index contributed by atoms with van der Waals surface area (Å²) in [4.78, 5) is 15.7.